The number of benzene rings is 2. The summed E-state index contributed by atoms with van der Waals surface area (Å²) in [7, 11) is -3.81. The minimum atomic E-state index is -3.81. The van der Waals surface area contributed by atoms with Gasteiger partial charge in [-0.2, -0.15) is 4.31 Å². The molecule has 9 heteroatoms. The molecule has 0 saturated carbocycles. The topological polar surface area (TPSA) is 101 Å². The first-order valence-corrected chi connectivity index (χ1v) is 11.4. The molecule has 0 N–H and O–H groups in total. The summed E-state index contributed by atoms with van der Waals surface area (Å²) in [6.07, 6.45) is 2.07. The molecule has 4 rings (SSSR count). The molecule has 30 heavy (non-hydrogen) atoms. The standard InChI is InChI=1S/C21H23N3O5S/c25-21(22-13-11-16-4-1-2-5-17(16)14-22)18-6-3-12-23(15-18)30(28,29)20-9-7-19(8-10-20)24(26)27/h1-2,4-5,7-10,18H,3,6,11-15H2/t18-/m1/s1. The highest BCUT2D eigenvalue weighted by atomic mass is 32.2. The van der Waals surface area contributed by atoms with E-state index in [-0.39, 0.29) is 29.0 Å². The Morgan fingerprint density at radius 3 is 2.43 bits per heavy atom. The number of hydrogen-bond acceptors (Lipinski definition) is 5. The maximum absolute atomic E-state index is 13.1. The highest BCUT2D eigenvalue weighted by molar-refractivity contribution is 7.89. The van der Waals surface area contributed by atoms with Gasteiger partial charge in [0.25, 0.3) is 5.69 Å². The largest absolute Gasteiger partial charge is 0.338 e. The van der Waals surface area contributed by atoms with Crippen molar-refractivity contribution >= 4 is 21.6 Å². The van der Waals surface area contributed by atoms with E-state index in [0.717, 1.165) is 12.0 Å². The van der Waals surface area contributed by atoms with Gasteiger partial charge < -0.3 is 4.90 Å². The van der Waals surface area contributed by atoms with Crippen LogP contribution in [0.3, 0.4) is 0 Å². The summed E-state index contributed by atoms with van der Waals surface area (Å²) < 4.78 is 27.3. The summed E-state index contributed by atoms with van der Waals surface area (Å²) in [5, 5.41) is 10.8. The molecular weight excluding hydrogens is 406 g/mol. The monoisotopic (exact) mass is 429 g/mol. The zero-order chi connectivity index (χ0) is 21.3. The lowest BCUT2D eigenvalue weighted by molar-refractivity contribution is -0.384. The molecule has 8 nitrogen and oxygen atoms in total. The van der Waals surface area contributed by atoms with Crippen LogP contribution in [0, 0.1) is 16.0 Å². The van der Waals surface area contributed by atoms with Crippen LogP contribution in [0.5, 0.6) is 0 Å². The number of rotatable bonds is 4. The Labute approximate surface area is 175 Å². The zero-order valence-corrected chi connectivity index (χ0v) is 17.3. The van der Waals surface area contributed by atoms with E-state index in [1.165, 1.54) is 34.1 Å². The number of carbonyl (C=O) groups is 1. The van der Waals surface area contributed by atoms with Gasteiger partial charge in [-0.05, 0) is 42.5 Å². The molecule has 0 radical (unpaired) electrons. The summed E-state index contributed by atoms with van der Waals surface area (Å²) in [6, 6.07) is 12.9. The first kappa shape index (κ1) is 20.5. The van der Waals surface area contributed by atoms with Crippen molar-refractivity contribution in [2.75, 3.05) is 19.6 Å². The number of hydrogen-bond donors (Lipinski definition) is 0. The van der Waals surface area contributed by atoms with Crippen molar-refractivity contribution < 1.29 is 18.1 Å². The lowest BCUT2D eigenvalue weighted by Crippen LogP contribution is -2.47. The first-order valence-electron chi connectivity index (χ1n) is 9.96. The van der Waals surface area contributed by atoms with Crippen LogP contribution in [0.2, 0.25) is 0 Å². The molecule has 0 aliphatic carbocycles. The van der Waals surface area contributed by atoms with Gasteiger partial charge >= 0.3 is 0 Å². The number of nitro groups is 1. The van der Waals surface area contributed by atoms with E-state index in [4.69, 9.17) is 0 Å². The number of sulfonamides is 1. The molecule has 2 heterocycles. The van der Waals surface area contributed by atoms with Gasteiger partial charge in [0, 0.05) is 38.3 Å². The summed E-state index contributed by atoms with van der Waals surface area (Å²) in [5.41, 5.74) is 2.24. The fraction of sp³-hybridized carbons (Fsp3) is 0.381. The molecule has 158 valence electrons. The average molecular weight is 429 g/mol. The van der Waals surface area contributed by atoms with Crippen molar-refractivity contribution in [3.63, 3.8) is 0 Å². The smallest absolute Gasteiger partial charge is 0.269 e. The minimum absolute atomic E-state index is 0.00639. The third-order valence-electron chi connectivity index (χ3n) is 5.86. The summed E-state index contributed by atoms with van der Waals surface area (Å²) in [5.74, 6) is -0.384. The third-order valence-corrected chi connectivity index (χ3v) is 7.74. The van der Waals surface area contributed by atoms with Crippen LogP contribution in [0.25, 0.3) is 0 Å². The Bertz CT molecular complexity index is 1070. The molecule has 0 aromatic heterocycles. The Morgan fingerprint density at radius 2 is 1.73 bits per heavy atom. The van der Waals surface area contributed by atoms with E-state index in [2.05, 4.69) is 6.07 Å². The average Bonchev–Trinajstić information content (AvgIpc) is 2.78. The van der Waals surface area contributed by atoms with Crippen molar-refractivity contribution in [3.8, 4) is 0 Å². The second kappa shape index (κ2) is 8.16. The van der Waals surface area contributed by atoms with Crippen LogP contribution < -0.4 is 0 Å². The summed E-state index contributed by atoms with van der Waals surface area (Å²) >= 11 is 0. The van der Waals surface area contributed by atoms with Crippen LogP contribution in [0.15, 0.2) is 53.4 Å². The maximum Gasteiger partial charge on any atom is 0.269 e. The van der Waals surface area contributed by atoms with Gasteiger partial charge in [0.05, 0.1) is 15.7 Å². The number of amides is 1. The SMILES string of the molecule is O=C([C@@H]1CCCN(S(=O)(=O)c2ccc([N+](=O)[O-])cc2)C1)N1CCc2ccccc2C1. The number of non-ortho nitro benzene ring substituents is 1. The summed E-state index contributed by atoms with van der Waals surface area (Å²) in [6.45, 7) is 1.67. The predicted molar refractivity (Wildman–Crippen MR) is 110 cm³/mol. The normalized spacial score (nSPS) is 19.9. The molecule has 0 spiro atoms. The van der Waals surface area contributed by atoms with E-state index < -0.39 is 14.9 Å². The number of piperidine rings is 1. The quantitative estimate of drug-likeness (QED) is 0.549. The fourth-order valence-corrected chi connectivity index (χ4v) is 5.72. The Morgan fingerprint density at radius 1 is 1.03 bits per heavy atom. The molecule has 2 aromatic carbocycles. The molecule has 0 bridgehead atoms. The molecule has 1 saturated heterocycles. The molecule has 1 fully saturated rings. The molecule has 1 amide bonds. The van der Waals surface area contributed by atoms with Gasteiger partial charge in [-0.15, -0.1) is 0 Å². The summed E-state index contributed by atoms with van der Waals surface area (Å²) in [4.78, 5) is 25.2. The van der Waals surface area contributed by atoms with Crippen LogP contribution in [0.4, 0.5) is 5.69 Å². The van der Waals surface area contributed by atoms with Gasteiger partial charge in [0.1, 0.15) is 0 Å². The number of nitro benzene ring substituents is 1. The Hall–Kier alpha value is -2.78. The highest BCUT2D eigenvalue weighted by Crippen LogP contribution is 2.28. The van der Waals surface area contributed by atoms with E-state index in [9.17, 15) is 23.3 Å². The fourth-order valence-electron chi connectivity index (χ4n) is 4.19. The van der Waals surface area contributed by atoms with Crippen LogP contribution in [0.1, 0.15) is 24.0 Å². The van der Waals surface area contributed by atoms with E-state index in [1.807, 2.05) is 23.1 Å². The molecule has 1 atom stereocenters. The first-order chi connectivity index (χ1) is 14.4. The number of fused-ring (bicyclic) bond motifs is 1. The second-order valence-electron chi connectivity index (χ2n) is 7.73. The number of carbonyl (C=O) groups excluding carboxylic acids is 1. The van der Waals surface area contributed by atoms with Gasteiger partial charge in [0.2, 0.25) is 15.9 Å². The van der Waals surface area contributed by atoms with Crippen molar-refractivity contribution in [1.29, 1.82) is 0 Å². The Balaban J connectivity index is 1.47. The predicted octanol–water partition coefficient (Wildman–Crippen LogP) is 2.58. The maximum atomic E-state index is 13.1. The lowest BCUT2D eigenvalue weighted by Gasteiger charge is -2.36. The zero-order valence-electron chi connectivity index (χ0n) is 16.4. The molecular formula is C21H23N3O5S. The van der Waals surface area contributed by atoms with Crippen molar-refractivity contribution in [1.82, 2.24) is 9.21 Å². The minimum Gasteiger partial charge on any atom is -0.338 e. The lowest BCUT2D eigenvalue weighted by atomic mass is 9.95. The van der Waals surface area contributed by atoms with E-state index in [1.54, 1.807) is 0 Å². The van der Waals surface area contributed by atoms with Crippen LogP contribution in [-0.2, 0) is 27.8 Å². The number of nitrogens with zero attached hydrogens (tertiary/aromatic N) is 3. The third kappa shape index (κ3) is 3.95. The molecule has 2 aliphatic heterocycles. The highest BCUT2D eigenvalue weighted by Gasteiger charge is 2.36. The van der Waals surface area contributed by atoms with Crippen molar-refractivity contribution in [3.05, 3.63) is 69.8 Å². The van der Waals surface area contributed by atoms with Gasteiger partial charge in [0.15, 0.2) is 0 Å². The second-order valence-corrected chi connectivity index (χ2v) is 9.67. The molecule has 0 unspecified atom stereocenters. The van der Waals surface area contributed by atoms with Gasteiger partial charge in [-0.3, -0.25) is 14.9 Å². The van der Waals surface area contributed by atoms with Crippen LogP contribution >= 0.6 is 0 Å². The van der Waals surface area contributed by atoms with Gasteiger partial charge in [-0.1, -0.05) is 24.3 Å². The molecule has 2 aliphatic rings. The van der Waals surface area contributed by atoms with Crippen LogP contribution in [-0.4, -0.2) is 48.1 Å². The Kier molecular flexibility index (Phi) is 5.57. The molecule has 2 aromatic rings. The van der Waals surface area contributed by atoms with E-state index >= 15 is 0 Å². The van der Waals surface area contributed by atoms with E-state index in [0.29, 0.717) is 32.5 Å². The van der Waals surface area contributed by atoms with Gasteiger partial charge in [-0.25, -0.2) is 8.42 Å². The van der Waals surface area contributed by atoms with Crippen molar-refractivity contribution in [2.24, 2.45) is 5.92 Å². The van der Waals surface area contributed by atoms with Crippen molar-refractivity contribution in [2.45, 2.75) is 30.7 Å².